The van der Waals surface area contributed by atoms with Crippen LogP contribution in [-0.2, 0) is 20.9 Å². The molecule has 0 aliphatic rings. The summed E-state index contributed by atoms with van der Waals surface area (Å²) >= 11 is -1.53. The monoisotopic (exact) mass is 334 g/mol. The Morgan fingerprint density at radius 3 is 2.52 bits per heavy atom. The zero-order valence-corrected chi connectivity index (χ0v) is 12.8. The fourth-order valence-electron chi connectivity index (χ4n) is 1.86. The number of nitrogens with zero attached hydrogens (tertiary/aromatic N) is 1. The number of carboxylic acids is 2. The van der Waals surface area contributed by atoms with Crippen LogP contribution in [-0.4, -0.2) is 37.0 Å². The number of rotatable bonds is 10. The van der Waals surface area contributed by atoms with Crippen LogP contribution in [0.25, 0.3) is 0 Å². The van der Waals surface area contributed by atoms with Crippen LogP contribution in [0.2, 0.25) is 0 Å². The van der Waals surface area contributed by atoms with Crippen LogP contribution in [0, 0.1) is 0 Å². The molecule has 0 saturated carbocycles. The summed E-state index contributed by atoms with van der Waals surface area (Å²) in [6.07, 6.45) is 1.60. The van der Waals surface area contributed by atoms with Crippen molar-refractivity contribution in [3.63, 3.8) is 0 Å². The van der Waals surface area contributed by atoms with Crippen LogP contribution in [0.4, 0.5) is 5.00 Å². The topological polar surface area (TPSA) is 118 Å². The fourth-order valence-corrected chi connectivity index (χ4v) is 3.47. The van der Waals surface area contributed by atoms with E-state index in [2.05, 4.69) is 0 Å². The Morgan fingerprint density at radius 1 is 1.33 bits per heavy atom. The molecule has 2 unspecified atom stereocenters. The van der Waals surface area contributed by atoms with E-state index < -0.39 is 29.2 Å². The number of carboxylic acid groups (broad SMARTS) is 2. The molecule has 1 rings (SSSR count). The molecule has 0 saturated heterocycles. The molecule has 1 heterocycles. The van der Waals surface area contributed by atoms with Gasteiger partial charge in [0.15, 0.2) is 0 Å². The van der Waals surface area contributed by atoms with Crippen LogP contribution in [0.3, 0.4) is 0 Å². The van der Waals surface area contributed by atoms with Gasteiger partial charge in [-0.1, -0.05) is 12.8 Å². The van der Waals surface area contributed by atoms with Gasteiger partial charge in [-0.2, -0.15) is 0 Å². The third-order valence-electron chi connectivity index (χ3n) is 2.82. The van der Waals surface area contributed by atoms with E-state index in [0.29, 0.717) is 24.3 Å². The average Bonchev–Trinajstić information content (AvgIpc) is 2.89. The first-order valence-electron chi connectivity index (χ1n) is 6.30. The molecule has 1 aromatic heterocycles. The number of hydrogen-bond acceptors (Lipinski definition) is 5. The van der Waals surface area contributed by atoms with Crippen molar-refractivity contribution in [1.29, 1.82) is 0 Å². The van der Waals surface area contributed by atoms with Crippen LogP contribution < -0.4 is 4.31 Å². The highest BCUT2D eigenvalue weighted by Crippen LogP contribution is 2.26. The summed E-state index contributed by atoms with van der Waals surface area (Å²) in [4.78, 5) is 21.7. The number of unbranched alkanes of at least 4 members (excludes halogenated alkanes) is 2. The smallest absolute Gasteiger partial charge is 0.327 e. The SMILES string of the molecule is O=C(O)CCCCCC(C(=O)O)N(c1cccs1)S(=O)[O-]. The maximum Gasteiger partial charge on any atom is 0.327 e. The van der Waals surface area contributed by atoms with Gasteiger partial charge in [0.1, 0.15) is 11.0 Å². The van der Waals surface area contributed by atoms with E-state index in [1.165, 1.54) is 0 Å². The highest BCUT2D eigenvalue weighted by atomic mass is 32.2. The Kier molecular flexibility index (Phi) is 7.34. The zero-order valence-electron chi connectivity index (χ0n) is 11.1. The van der Waals surface area contributed by atoms with Gasteiger partial charge in [0, 0.05) is 17.7 Å². The number of carbonyl (C=O) groups is 2. The lowest BCUT2D eigenvalue weighted by Crippen LogP contribution is -2.42. The summed E-state index contributed by atoms with van der Waals surface area (Å²) in [7, 11) is 0. The van der Waals surface area contributed by atoms with Crippen LogP contribution in [0.15, 0.2) is 17.5 Å². The molecule has 0 aliphatic heterocycles. The number of hydrogen-bond donors (Lipinski definition) is 2. The third kappa shape index (κ3) is 5.82. The van der Waals surface area contributed by atoms with Gasteiger partial charge < -0.3 is 14.8 Å². The molecular weight excluding hydrogens is 318 g/mol. The van der Waals surface area contributed by atoms with Crippen molar-refractivity contribution in [1.82, 2.24) is 0 Å². The lowest BCUT2D eigenvalue weighted by molar-refractivity contribution is -0.139. The standard InChI is InChI=1S/C12H17NO6S2/c14-11(15)7-3-1-2-5-9(12(16)17)13(21(18)19)10-6-4-8-20-10/h4,6,8-9H,1-3,5,7H2,(H,14,15)(H,16,17)(H,18,19)/p-1. The molecule has 9 heteroatoms. The first-order chi connectivity index (χ1) is 9.93. The van der Waals surface area contributed by atoms with Gasteiger partial charge in [-0.05, 0) is 30.4 Å². The molecule has 0 aliphatic carbocycles. The van der Waals surface area contributed by atoms with Crippen molar-refractivity contribution in [2.45, 2.75) is 38.1 Å². The molecule has 0 fully saturated rings. The van der Waals surface area contributed by atoms with Crippen LogP contribution in [0.5, 0.6) is 0 Å². The van der Waals surface area contributed by atoms with Gasteiger partial charge in [0.25, 0.3) is 0 Å². The predicted octanol–water partition coefficient (Wildman–Crippen LogP) is 1.84. The second kappa shape index (κ2) is 8.75. The summed E-state index contributed by atoms with van der Waals surface area (Å²) < 4.78 is 23.5. The minimum Gasteiger partial charge on any atom is -0.755 e. The first kappa shape index (κ1) is 17.6. The van der Waals surface area contributed by atoms with E-state index >= 15 is 0 Å². The minimum atomic E-state index is -2.68. The molecule has 2 N–H and O–H groups in total. The average molecular weight is 334 g/mol. The zero-order chi connectivity index (χ0) is 15.8. The van der Waals surface area contributed by atoms with Crippen molar-refractivity contribution in [3.05, 3.63) is 17.5 Å². The first-order valence-corrected chi connectivity index (χ1v) is 8.21. The molecule has 0 radical (unpaired) electrons. The Balaban J connectivity index is 2.64. The molecule has 1 aromatic rings. The predicted molar refractivity (Wildman–Crippen MR) is 77.9 cm³/mol. The Bertz CT molecular complexity index is 490. The largest absolute Gasteiger partial charge is 0.755 e. The van der Waals surface area contributed by atoms with Crippen LogP contribution >= 0.6 is 11.3 Å². The van der Waals surface area contributed by atoms with E-state index in [4.69, 9.17) is 5.11 Å². The number of anilines is 1. The summed E-state index contributed by atoms with van der Waals surface area (Å²) in [5, 5.41) is 19.8. The summed E-state index contributed by atoms with van der Waals surface area (Å²) in [6.45, 7) is 0. The van der Waals surface area contributed by atoms with Gasteiger partial charge in [-0.15, -0.1) is 11.3 Å². The van der Waals surface area contributed by atoms with Gasteiger partial charge in [-0.25, -0.2) is 4.79 Å². The van der Waals surface area contributed by atoms with Crippen molar-refractivity contribution in [2.24, 2.45) is 0 Å². The Hall–Kier alpha value is -1.45. The highest BCUT2D eigenvalue weighted by molar-refractivity contribution is 7.81. The van der Waals surface area contributed by atoms with E-state index in [1.807, 2.05) is 0 Å². The molecule has 0 aromatic carbocycles. The van der Waals surface area contributed by atoms with Crippen LogP contribution in [0.1, 0.15) is 32.1 Å². The Morgan fingerprint density at radius 2 is 2.05 bits per heavy atom. The Labute approximate surface area is 128 Å². The summed E-state index contributed by atoms with van der Waals surface area (Å²) in [6, 6.07) is 2.01. The van der Waals surface area contributed by atoms with Crippen molar-refractivity contribution in [2.75, 3.05) is 4.31 Å². The van der Waals surface area contributed by atoms with Crippen molar-refractivity contribution < 1.29 is 28.6 Å². The van der Waals surface area contributed by atoms with E-state index in [-0.39, 0.29) is 12.8 Å². The quantitative estimate of drug-likeness (QED) is 0.498. The van der Waals surface area contributed by atoms with Gasteiger partial charge in [0.2, 0.25) is 0 Å². The van der Waals surface area contributed by atoms with Gasteiger partial charge in [0.05, 0.1) is 0 Å². The normalized spacial score (nSPS) is 13.6. The molecule has 118 valence electrons. The maximum absolute atomic E-state index is 11.3. The van der Waals surface area contributed by atoms with E-state index in [1.54, 1.807) is 17.5 Å². The number of aliphatic carboxylic acids is 2. The van der Waals surface area contributed by atoms with E-state index in [0.717, 1.165) is 15.6 Å². The highest BCUT2D eigenvalue weighted by Gasteiger charge is 2.27. The van der Waals surface area contributed by atoms with Crippen molar-refractivity contribution >= 4 is 39.5 Å². The fraction of sp³-hybridized carbons (Fsp3) is 0.500. The molecule has 2 atom stereocenters. The molecule has 0 bridgehead atoms. The summed E-state index contributed by atoms with van der Waals surface area (Å²) in [5.41, 5.74) is 0. The lowest BCUT2D eigenvalue weighted by Gasteiger charge is -2.30. The second-order valence-electron chi connectivity index (χ2n) is 4.34. The van der Waals surface area contributed by atoms with Gasteiger partial charge >= 0.3 is 11.9 Å². The van der Waals surface area contributed by atoms with Crippen molar-refractivity contribution in [3.8, 4) is 0 Å². The maximum atomic E-state index is 11.3. The molecule has 0 spiro atoms. The molecule has 21 heavy (non-hydrogen) atoms. The molecule has 7 nitrogen and oxygen atoms in total. The van der Waals surface area contributed by atoms with E-state index in [9.17, 15) is 23.5 Å². The second-order valence-corrected chi connectivity index (χ2v) is 6.10. The third-order valence-corrected chi connectivity index (χ3v) is 4.58. The molecule has 0 amide bonds. The number of thiophene rings is 1. The van der Waals surface area contributed by atoms with Gasteiger partial charge in [-0.3, -0.25) is 13.3 Å². The molecular formula is C12H16NO6S2-. The summed E-state index contributed by atoms with van der Waals surface area (Å²) in [5.74, 6) is -2.11. The lowest BCUT2D eigenvalue weighted by atomic mass is 10.1. The minimum absolute atomic E-state index is 0.0276.